The second kappa shape index (κ2) is 12.7. The van der Waals surface area contributed by atoms with Crippen LogP contribution in [0.5, 0.6) is 5.75 Å². The molecule has 0 bridgehead atoms. The minimum atomic E-state index is -4.23. The standard InChI is InChI=1S/C25H35FN4O5S/c1-7-22(25(32)27-18(2)3)29(16-19-12-14-20(35-6)15-13-19)24(31)17-30(36(33,34)28(4)5)23-11-9-8-10-21(23)26/h8-15,18,22H,7,16-17H2,1-6H3,(H,27,32)/t22-/m1/s1. The van der Waals surface area contributed by atoms with E-state index in [4.69, 9.17) is 4.74 Å². The van der Waals surface area contributed by atoms with E-state index < -0.39 is 34.5 Å². The number of benzene rings is 2. The number of hydrogen-bond acceptors (Lipinski definition) is 5. The van der Waals surface area contributed by atoms with Crippen LogP contribution in [0.3, 0.4) is 0 Å². The van der Waals surface area contributed by atoms with Gasteiger partial charge >= 0.3 is 10.2 Å². The Balaban J connectivity index is 2.51. The van der Waals surface area contributed by atoms with Crippen LogP contribution in [-0.2, 0) is 26.3 Å². The molecule has 2 aromatic rings. The van der Waals surface area contributed by atoms with Gasteiger partial charge in [0.2, 0.25) is 11.8 Å². The Morgan fingerprint density at radius 2 is 1.67 bits per heavy atom. The lowest BCUT2D eigenvalue weighted by Gasteiger charge is -2.34. The number of carbonyl (C=O) groups is 2. The predicted octanol–water partition coefficient (Wildman–Crippen LogP) is 2.78. The van der Waals surface area contributed by atoms with E-state index in [9.17, 15) is 22.4 Å². The molecule has 0 aromatic heterocycles. The molecule has 0 aliphatic heterocycles. The fourth-order valence-corrected chi connectivity index (χ4v) is 4.65. The average molecular weight is 523 g/mol. The largest absolute Gasteiger partial charge is 0.497 e. The van der Waals surface area contributed by atoms with Crippen molar-refractivity contribution < 1.29 is 27.1 Å². The summed E-state index contributed by atoms with van der Waals surface area (Å²) in [6.07, 6.45) is 0.292. The minimum absolute atomic E-state index is 0.0416. The normalized spacial score (nSPS) is 12.4. The summed E-state index contributed by atoms with van der Waals surface area (Å²) >= 11 is 0. The number of rotatable bonds is 12. The molecule has 2 rings (SSSR count). The number of ether oxygens (including phenoxy) is 1. The molecule has 0 aliphatic rings. The molecule has 36 heavy (non-hydrogen) atoms. The lowest BCUT2D eigenvalue weighted by molar-refractivity contribution is -0.140. The summed E-state index contributed by atoms with van der Waals surface area (Å²) in [6.45, 7) is 4.74. The van der Waals surface area contributed by atoms with Crippen LogP contribution >= 0.6 is 0 Å². The van der Waals surface area contributed by atoms with Crippen LogP contribution < -0.4 is 14.4 Å². The Morgan fingerprint density at radius 3 is 2.17 bits per heavy atom. The van der Waals surface area contributed by atoms with Gasteiger partial charge in [-0.15, -0.1) is 0 Å². The molecule has 0 fully saturated rings. The molecule has 0 radical (unpaired) electrons. The topological polar surface area (TPSA) is 99.3 Å². The molecule has 9 nitrogen and oxygen atoms in total. The summed E-state index contributed by atoms with van der Waals surface area (Å²) in [7, 11) is -0.0976. The van der Waals surface area contributed by atoms with Crippen molar-refractivity contribution in [3.63, 3.8) is 0 Å². The highest BCUT2D eigenvalue weighted by Crippen LogP contribution is 2.24. The van der Waals surface area contributed by atoms with Gasteiger partial charge in [-0.1, -0.05) is 31.2 Å². The van der Waals surface area contributed by atoms with Crippen LogP contribution in [-0.4, -0.2) is 69.3 Å². The molecule has 11 heteroatoms. The molecule has 0 aliphatic carbocycles. The minimum Gasteiger partial charge on any atom is -0.497 e. The first-order valence-electron chi connectivity index (χ1n) is 11.6. The molecule has 0 saturated carbocycles. The maximum absolute atomic E-state index is 14.7. The smallest absolute Gasteiger partial charge is 0.304 e. The van der Waals surface area contributed by atoms with Crippen LogP contribution in [0.25, 0.3) is 0 Å². The fraction of sp³-hybridized carbons (Fsp3) is 0.440. The molecule has 1 N–H and O–H groups in total. The number of methoxy groups -OCH3 is 1. The van der Waals surface area contributed by atoms with E-state index in [1.807, 2.05) is 13.8 Å². The lowest BCUT2D eigenvalue weighted by Crippen LogP contribution is -2.54. The van der Waals surface area contributed by atoms with Gasteiger partial charge in [0.1, 0.15) is 24.2 Å². The van der Waals surface area contributed by atoms with Crippen molar-refractivity contribution in [3.05, 3.63) is 59.9 Å². The molecular weight excluding hydrogens is 487 g/mol. The molecular formula is C25H35FN4O5S. The van der Waals surface area contributed by atoms with E-state index in [-0.39, 0.29) is 24.2 Å². The molecule has 2 aromatic carbocycles. The van der Waals surface area contributed by atoms with E-state index in [0.717, 1.165) is 14.7 Å². The fourth-order valence-electron chi connectivity index (χ4n) is 3.58. The Morgan fingerprint density at radius 1 is 1.06 bits per heavy atom. The van der Waals surface area contributed by atoms with Crippen LogP contribution in [0, 0.1) is 5.82 Å². The number of halogens is 1. The number of nitrogens with one attached hydrogen (secondary N) is 1. The summed E-state index contributed by atoms with van der Waals surface area (Å²) < 4.78 is 47.7. The van der Waals surface area contributed by atoms with Gasteiger partial charge in [-0.05, 0) is 50.1 Å². The molecule has 1 atom stereocenters. The summed E-state index contributed by atoms with van der Waals surface area (Å²) in [6, 6.07) is 11.3. The van der Waals surface area contributed by atoms with E-state index in [1.54, 1.807) is 31.2 Å². The van der Waals surface area contributed by atoms with Crippen molar-refractivity contribution in [1.29, 1.82) is 0 Å². The maximum Gasteiger partial charge on any atom is 0.304 e. The van der Waals surface area contributed by atoms with Crippen molar-refractivity contribution in [2.75, 3.05) is 32.1 Å². The third-order valence-corrected chi connectivity index (χ3v) is 7.27. The monoisotopic (exact) mass is 522 g/mol. The van der Waals surface area contributed by atoms with E-state index in [1.165, 1.54) is 44.3 Å². The quantitative estimate of drug-likeness (QED) is 0.462. The van der Waals surface area contributed by atoms with Crippen molar-refractivity contribution in [1.82, 2.24) is 14.5 Å². The van der Waals surface area contributed by atoms with Gasteiger partial charge in [0.05, 0.1) is 12.8 Å². The Hall–Kier alpha value is -3.18. The molecule has 2 amide bonds. The molecule has 0 heterocycles. The first-order chi connectivity index (χ1) is 16.9. The lowest BCUT2D eigenvalue weighted by atomic mass is 10.1. The number of para-hydroxylation sites is 1. The van der Waals surface area contributed by atoms with Crippen molar-refractivity contribution >= 4 is 27.7 Å². The second-order valence-electron chi connectivity index (χ2n) is 8.71. The van der Waals surface area contributed by atoms with Gasteiger partial charge in [0.15, 0.2) is 0 Å². The van der Waals surface area contributed by atoms with Gasteiger partial charge in [0, 0.05) is 26.7 Å². The highest BCUT2D eigenvalue weighted by Gasteiger charge is 2.34. The number of anilines is 1. The van der Waals surface area contributed by atoms with Gasteiger partial charge in [-0.3, -0.25) is 9.59 Å². The zero-order chi connectivity index (χ0) is 27.0. The third kappa shape index (κ3) is 7.17. The zero-order valence-electron chi connectivity index (χ0n) is 21.6. The van der Waals surface area contributed by atoms with Crippen molar-refractivity contribution in [2.45, 2.75) is 45.8 Å². The third-order valence-electron chi connectivity index (χ3n) is 5.47. The summed E-state index contributed by atoms with van der Waals surface area (Å²) in [5.41, 5.74) is 0.455. The number of hydrogen-bond donors (Lipinski definition) is 1. The summed E-state index contributed by atoms with van der Waals surface area (Å²) in [5.74, 6) is -1.17. The summed E-state index contributed by atoms with van der Waals surface area (Å²) in [4.78, 5) is 28.0. The zero-order valence-corrected chi connectivity index (χ0v) is 22.4. The summed E-state index contributed by atoms with van der Waals surface area (Å²) in [5, 5.41) is 2.82. The van der Waals surface area contributed by atoms with Crippen LogP contribution in [0.2, 0.25) is 0 Å². The molecule has 0 saturated heterocycles. The Bertz CT molecular complexity index is 1140. The Labute approximate surface area is 213 Å². The highest BCUT2D eigenvalue weighted by molar-refractivity contribution is 7.90. The average Bonchev–Trinajstić information content (AvgIpc) is 2.82. The van der Waals surface area contributed by atoms with Crippen molar-refractivity contribution in [3.8, 4) is 5.75 Å². The number of amides is 2. The van der Waals surface area contributed by atoms with Gasteiger partial charge < -0.3 is 15.0 Å². The van der Waals surface area contributed by atoms with Crippen molar-refractivity contribution in [2.24, 2.45) is 0 Å². The maximum atomic E-state index is 14.7. The number of nitrogens with zero attached hydrogens (tertiary/aromatic N) is 3. The first kappa shape index (κ1) is 29.1. The Kier molecular flexibility index (Phi) is 10.2. The van der Waals surface area contributed by atoms with Crippen LogP contribution in [0.1, 0.15) is 32.8 Å². The van der Waals surface area contributed by atoms with Crippen LogP contribution in [0.4, 0.5) is 10.1 Å². The van der Waals surface area contributed by atoms with Gasteiger partial charge in [-0.25, -0.2) is 8.70 Å². The second-order valence-corrected chi connectivity index (χ2v) is 10.8. The van der Waals surface area contributed by atoms with E-state index >= 15 is 0 Å². The van der Waals surface area contributed by atoms with Gasteiger partial charge in [-0.2, -0.15) is 12.7 Å². The number of carbonyl (C=O) groups excluding carboxylic acids is 2. The SMILES string of the molecule is CC[C@H](C(=O)NC(C)C)N(Cc1ccc(OC)cc1)C(=O)CN(c1ccccc1F)S(=O)(=O)N(C)C. The van der Waals surface area contributed by atoms with E-state index in [2.05, 4.69) is 5.32 Å². The van der Waals surface area contributed by atoms with Crippen LogP contribution in [0.15, 0.2) is 48.5 Å². The molecule has 0 unspecified atom stereocenters. The first-order valence-corrected chi connectivity index (χ1v) is 13.0. The predicted molar refractivity (Wildman–Crippen MR) is 137 cm³/mol. The van der Waals surface area contributed by atoms with Gasteiger partial charge in [0.25, 0.3) is 0 Å². The highest BCUT2D eigenvalue weighted by atomic mass is 32.2. The molecule has 0 spiro atoms. The van der Waals surface area contributed by atoms with E-state index in [0.29, 0.717) is 17.7 Å². The molecule has 198 valence electrons.